The Hall–Kier alpha value is 4.11. The van der Waals surface area contributed by atoms with Gasteiger partial charge in [0, 0.05) is 115 Å². The van der Waals surface area contributed by atoms with Crippen molar-refractivity contribution in [2.75, 3.05) is 123 Å². The molecule has 0 radical (unpaired) electrons. The van der Waals surface area contributed by atoms with E-state index in [-0.39, 0.29) is 23.4 Å². The van der Waals surface area contributed by atoms with Gasteiger partial charge in [0.05, 0.1) is 29.8 Å². The van der Waals surface area contributed by atoms with Crippen molar-refractivity contribution in [3.05, 3.63) is 0 Å². The van der Waals surface area contributed by atoms with Gasteiger partial charge in [-0.05, 0) is 0 Å². The third kappa shape index (κ3) is 40.7. The fourth-order valence-corrected chi connectivity index (χ4v) is 20.3. The first-order valence-corrected chi connectivity index (χ1v) is 31.2. The molecule has 0 aliphatic heterocycles. The molecule has 0 aromatic rings. The number of rotatable bonds is 36. The van der Waals surface area contributed by atoms with E-state index < -0.39 is 21.6 Å². The molecule has 21 heteroatoms. The van der Waals surface area contributed by atoms with Crippen molar-refractivity contribution < 1.29 is 28.2 Å². The highest BCUT2D eigenvalue weighted by Gasteiger charge is 2.06. The van der Waals surface area contributed by atoms with Crippen LogP contribution in [-0.2, 0) is 31.2 Å². The topological polar surface area (TPSA) is 109 Å². The van der Waals surface area contributed by atoms with E-state index in [0.29, 0.717) is 28.1 Å². The molecule has 0 saturated carbocycles. The van der Waals surface area contributed by atoms with E-state index in [1.807, 2.05) is 47.0 Å². The van der Waals surface area contributed by atoms with Gasteiger partial charge in [-0.1, -0.05) is 23.5 Å². The first-order chi connectivity index (χ1) is 22.0. The van der Waals surface area contributed by atoms with Crippen LogP contribution < -0.4 is 0 Å². The normalized spacial score (nSPS) is 12.8. The van der Waals surface area contributed by atoms with Gasteiger partial charge in [-0.25, -0.2) is 0 Å². The van der Waals surface area contributed by atoms with Crippen LogP contribution in [0.3, 0.4) is 0 Å². The smallest absolute Gasteiger partial charge is 0.199 e. The van der Waals surface area contributed by atoms with Gasteiger partial charge in [0.1, 0.15) is 0 Å². The molecule has 6 nitrogen and oxygen atoms in total. The standard InChI is InChI=1S/C24H46O6S15/c25-1-3-31-5-6-42-23(27)13-35-17-38-16-34-9-12-45(30)22-41-20-39-19-40-21-43-24(28)14-36-18-37-15-33-8-11-44(29)10-7-32-4-2-26/h25-26H,1-22H2. The van der Waals surface area contributed by atoms with Crippen LogP contribution in [0.4, 0.5) is 0 Å². The molecule has 0 aliphatic rings. The Kier molecular flexibility index (Phi) is 44.6. The molecule has 0 saturated heterocycles. The minimum absolute atomic E-state index is 0.181. The highest BCUT2D eigenvalue weighted by molar-refractivity contribution is 8.30. The van der Waals surface area contributed by atoms with Crippen LogP contribution in [0, 0.1) is 0 Å². The van der Waals surface area contributed by atoms with E-state index in [1.165, 1.54) is 23.5 Å². The molecule has 0 aromatic heterocycles. The van der Waals surface area contributed by atoms with Crippen LogP contribution in [0.25, 0.3) is 0 Å². The fourth-order valence-electron chi connectivity index (χ4n) is 2.34. The summed E-state index contributed by atoms with van der Waals surface area (Å²) < 4.78 is 24.1. The van der Waals surface area contributed by atoms with Crippen LogP contribution in [0.1, 0.15) is 0 Å². The second-order valence-electron chi connectivity index (χ2n) is 7.88. The molecule has 0 bridgehead atoms. The average Bonchev–Trinajstić information content (AvgIpc) is 3.03. The van der Waals surface area contributed by atoms with Crippen molar-refractivity contribution in [3.8, 4) is 0 Å². The minimum atomic E-state index is -0.796. The van der Waals surface area contributed by atoms with Crippen LogP contribution in [0.5, 0.6) is 0 Å². The molecule has 2 atom stereocenters. The van der Waals surface area contributed by atoms with Crippen LogP contribution >= 0.6 is 153 Å². The summed E-state index contributed by atoms with van der Waals surface area (Å²) in [5, 5.41) is 24.9. The van der Waals surface area contributed by atoms with Gasteiger partial charge in [0.2, 0.25) is 0 Å². The summed E-state index contributed by atoms with van der Waals surface area (Å²) in [7, 11) is -1.56. The monoisotopic (exact) mass is 910 g/mol. The molecule has 2 unspecified atom stereocenters. The van der Waals surface area contributed by atoms with Gasteiger partial charge in [0.15, 0.2) is 10.2 Å². The molecule has 0 spiro atoms. The van der Waals surface area contributed by atoms with Crippen LogP contribution in [-0.4, -0.2) is 152 Å². The molecule has 0 aromatic carbocycles. The summed E-state index contributed by atoms with van der Waals surface area (Å²) in [6.45, 7) is 0.373. The Bertz CT molecular complexity index is 741. The predicted molar refractivity (Wildman–Crippen MR) is 236 cm³/mol. The lowest BCUT2D eigenvalue weighted by molar-refractivity contribution is -0.109. The summed E-state index contributed by atoms with van der Waals surface area (Å²) in [5.74, 6) is 9.02. The maximum absolute atomic E-state index is 12.2. The van der Waals surface area contributed by atoms with Crippen molar-refractivity contribution in [2.24, 2.45) is 0 Å². The Morgan fingerprint density at radius 1 is 0.422 bits per heavy atom. The Morgan fingerprint density at radius 3 is 1.47 bits per heavy atom. The second-order valence-corrected chi connectivity index (χ2v) is 27.8. The Balaban J connectivity index is 3.35. The van der Waals surface area contributed by atoms with Crippen molar-refractivity contribution in [3.63, 3.8) is 0 Å². The number of carbonyl (C=O) groups excluding carboxylic acids is 2. The fraction of sp³-hybridized carbons (Fsp3) is 0.917. The quantitative estimate of drug-likeness (QED) is 0.0513. The summed E-state index contributed by atoms with van der Waals surface area (Å²) >= 11 is 21.9. The first-order valence-electron chi connectivity index (χ1n) is 13.6. The number of aliphatic hydroxyl groups excluding tert-OH is 2. The molecule has 0 heterocycles. The number of hydrogen-bond acceptors (Lipinski definition) is 19. The zero-order valence-electron chi connectivity index (χ0n) is 25.2. The average molecular weight is 912 g/mol. The first kappa shape index (κ1) is 49.1. The van der Waals surface area contributed by atoms with Gasteiger partial charge in [-0.3, -0.25) is 18.0 Å². The number of thioether (sulfide) groups is 13. The SMILES string of the molecule is O=C(CSCSCSCCS(=O)CSCSCSCSC(=O)CSCSCSCCS(=O)CCSCCO)SCCSCCO. The lowest BCUT2D eigenvalue weighted by Crippen LogP contribution is -2.07. The van der Waals surface area contributed by atoms with Gasteiger partial charge in [-0.15, -0.1) is 82.3 Å². The molecule has 0 amide bonds. The summed E-state index contributed by atoms with van der Waals surface area (Å²) in [4.78, 5) is 23.8. The third-order valence-electron chi connectivity index (χ3n) is 4.29. The van der Waals surface area contributed by atoms with Crippen molar-refractivity contribution >= 4 is 185 Å². The molecule has 268 valence electrons. The van der Waals surface area contributed by atoms with Crippen molar-refractivity contribution in [1.29, 1.82) is 0 Å². The highest BCUT2D eigenvalue weighted by atomic mass is 32.3. The number of aliphatic hydroxyl groups is 2. The lowest BCUT2D eigenvalue weighted by atomic mass is 10.9. The van der Waals surface area contributed by atoms with Gasteiger partial charge in [0.25, 0.3) is 0 Å². The van der Waals surface area contributed by atoms with Gasteiger partial charge >= 0.3 is 0 Å². The van der Waals surface area contributed by atoms with Crippen molar-refractivity contribution in [1.82, 2.24) is 0 Å². The predicted octanol–water partition coefficient (Wildman–Crippen LogP) is 6.71. The molecule has 45 heavy (non-hydrogen) atoms. The molecule has 2 N–H and O–H groups in total. The molecular weight excluding hydrogens is 865 g/mol. The second kappa shape index (κ2) is 40.9. The number of carbonyl (C=O) groups is 2. The van der Waals surface area contributed by atoms with Crippen molar-refractivity contribution in [2.45, 2.75) is 0 Å². The summed E-state index contributed by atoms with van der Waals surface area (Å²) in [5.41, 5.74) is 0. The highest BCUT2D eigenvalue weighted by Crippen LogP contribution is 2.24. The largest absolute Gasteiger partial charge is 0.396 e. The summed E-state index contributed by atoms with van der Waals surface area (Å²) in [6, 6.07) is 0. The van der Waals surface area contributed by atoms with Crippen LogP contribution in [0.15, 0.2) is 0 Å². The van der Waals surface area contributed by atoms with Gasteiger partial charge < -0.3 is 10.2 Å². The zero-order valence-corrected chi connectivity index (χ0v) is 37.5. The number of hydrogen-bond donors (Lipinski definition) is 2. The Morgan fingerprint density at radius 2 is 0.867 bits per heavy atom. The zero-order chi connectivity index (χ0) is 33.1. The minimum Gasteiger partial charge on any atom is -0.396 e. The maximum Gasteiger partial charge on any atom is 0.199 e. The summed E-state index contributed by atoms with van der Waals surface area (Å²) in [6.07, 6.45) is 0. The Labute approximate surface area is 331 Å². The van der Waals surface area contributed by atoms with E-state index in [2.05, 4.69) is 0 Å². The van der Waals surface area contributed by atoms with E-state index in [1.54, 1.807) is 82.3 Å². The maximum atomic E-state index is 12.2. The molecule has 0 rings (SSSR count). The lowest BCUT2D eigenvalue weighted by Gasteiger charge is -2.05. The van der Waals surface area contributed by atoms with Crippen LogP contribution in [0.2, 0.25) is 0 Å². The molecular formula is C24H46O6S15. The third-order valence-corrected chi connectivity index (χ3v) is 23.7. The van der Waals surface area contributed by atoms with E-state index >= 15 is 0 Å². The van der Waals surface area contributed by atoms with Gasteiger partial charge in [-0.2, -0.15) is 47.0 Å². The molecule has 0 aliphatic carbocycles. The molecule has 0 fully saturated rings. The van der Waals surface area contributed by atoms with E-state index in [4.69, 9.17) is 10.2 Å². The van der Waals surface area contributed by atoms with E-state index in [9.17, 15) is 18.0 Å². The van der Waals surface area contributed by atoms with E-state index in [0.717, 1.165) is 81.6 Å².